The van der Waals surface area contributed by atoms with Crippen LogP contribution >= 0.6 is 0 Å². The van der Waals surface area contributed by atoms with Crippen LogP contribution < -0.4 is 0 Å². The predicted molar refractivity (Wildman–Crippen MR) is 41.2 cm³/mol. The molecule has 0 aromatic carbocycles. The summed E-state index contributed by atoms with van der Waals surface area (Å²) in [5.41, 5.74) is 0. The van der Waals surface area contributed by atoms with Crippen molar-refractivity contribution in [3.63, 3.8) is 0 Å². The Morgan fingerprint density at radius 2 is 1.75 bits per heavy atom. The summed E-state index contributed by atoms with van der Waals surface area (Å²) in [4.78, 5) is 1.43. The first-order valence-electron chi connectivity index (χ1n) is 3.93. The summed E-state index contributed by atoms with van der Waals surface area (Å²) in [6.07, 6.45) is -1.91. The van der Waals surface area contributed by atoms with Crippen LogP contribution in [0.2, 0.25) is 0 Å². The Morgan fingerprint density at radius 3 is 2.17 bits per heavy atom. The van der Waals surface area contributed by atoms with Gasteiger partial charge >= 0.3 is 0 Å². The van der Waals surface area contributed by atoms with Gasteiger partial charge in [0.2, 0.25) is 0 Å². The highest BCUT2D eigenvalue weighted by atomic mass is 19.3. The lowest BCUT2D eigenvalue weighted by Crippen LogP contribution is -2.32. The van der Waals surface area contributed by atoms with Gasteiger partial charge in [0, 0.05) is 19.7 Å². The van der Waals surface area contributed by atoms with E-state index < -0.39 is 6.43 Å². The van der Waals surface area contributed by atoms with Gasteiger partial charge in [-0.2, -0.15) is 0 Å². The van der Waals surface area contributed by atoms with Crippen LogP contribution in [0.15, 0.2) is 0 Å². The molecule has 0 saturated heterocycles. The van der Waals surface area contributed by atoms with Crippen molar-refractivity contribution in [2.75, 3.05) is 32.8 Å². The van der Waals surface area contributed by atoms with E-state index in [9.17, 15) is 8.78 Å². The lowest BCUT2D eigenvalue weighted by molar-refractivity contribution is 0.0747. The highest BCUT2D eigenvalue weighted by Gasteiger charge is 2.10. The fourth-order valence-corrected chi connectivity index (χ4v) is 0.925. The number of hydrogen-bond donors (Lipinski definition) is 2. The highest BCUT2D eigenvalue weighted by Crippen LogP contribution is 1.98. The van der Waals surface area contributed by atoms with E-state index in [-0.39, 0.29) is 26.3 Å². The van der Waals surface area contributed by atoms with Crippen LogP contribution in [0.4, 0.5) is 8.78 Å². The Morgan fingerprint density at radius 1 is 1.08 bits per heavy atom. The first-order valence-corrected chi connectivity index (χ1v) is 3.93. The number of halogens is 2. The van der Waals surface area contributed by atoms with Gasteiger partial charge in [0.1, 0.15) is 0 Å². The van der Waals surface area contributed by atoms with E-state index in [2.05, 4.69) is 0 Å². The molecule has 0 fully saturated rings. The van der Waals surface area contributed by atoms with Crippen molar-refractivity contribution in [1.29, 1.82) is 0 Å². The topological polar surface area (TPSA) is 43.7 Å². The number of nitrogens with zero attached hydrogens (tertiary/aromatic N) is 1. The molecule has 0 aromatic rings. The van der Waals surface area contributed by atoms with Gasteiger partial charge in [-0.25, -0.2) is 8.78 Å². The molecule has 0 aliphatic heterocycles. The van der Waals surface area contributed by atoms with Crippen LogP contribution in [0, 0.1) is 0 Å². The molecule has 0 amide bonds. The molecule has 0 aliphatic carbocycles. The fourth-order valence-electron chi connectivity index (χ4n) is 0.925. The molecule has 0 atom stereocenters. The molecule has 0 aromatic heterocycles. The van der Waals surface area contributed by atoms with Crippen LogP contribution in [0.1, 0.15) is 6.42 Å². The third-order valence-electron chi connectivity index (χ3n) is 1.44. The zero-order chi connectivity index (χ0) is 9.40. The van der Waals surface area contributed by atoms with Crippen LogP contribution in [0.3, 0.4) is 0 Å². The number of aliphatic hydroxyl groups excluding tert-OH is 2. The monoisotopic (exact) mass is 183 g/mol. The zero-order valence-electron chi connectivity index (χ0n) is 6.92. The number of hydrogen-bond acceptors (Lipinski definition) is 3. The summed E-state index contributed by atoms with van der Waals surface area (Å²) in [6, 6.07) is 0. The summed E-state index contributed by atoms with van der Waals surface area (Å²) in [5.74, 6) is 0. The quantitative estimate of drug-likeness (QED) is 0.580. The van der Waals surface area contributed by atoms with Crippen LogP contribution in [0.25, 0.3) is 0 Å². The number of rotatable bonds is 7. The minimum atomic E-state index is -2.38. The van der Waals surface area contributed by atoms with E-state index >= 15 is 0 Å². The van der Waals surface area contributed by atoms with Gasteiger partial charge < -0.3 is 10.2 Å². The second-order valence-corrected chi connectivity index (χ2v) is 2.49. The maximum atomic E-state index is 11.8. The van der Waals surface area contributed by atoms with E-state index in [0.717, 1.165) is 0 Å². The SMILES string of the molecule is OCCCN(CCO)CC(F)F. The molecule has 0 aliphatic rings. The summed E-state index contributed by atoms with van der Waals surface area (Å²) < 4.78 is 23.7. The maximum absolute atomic E-state index is 11.8. The Hall–Kier alpha value is -0.260. The molecule has 0 radical (unpaired) electrons. The van der Waals surface area contributed by atoms with Crippen molar-refractivity contribution in [3.8, 4) is 0 Å². The second kappa shape index (κ2) is 7.39. The first-order chi connectivity index (χ1) is 5.70. The summed E-state index contributed by atoms with van der Waals surface area (Å²) in [6.45, 7) is 0.176. The van der Waals surface area contributed by atoms with Crippen molar-refractivity contribution in [2.45, 2.75) is 12.8 Å². The third-order valence-corrected chi connectivity index (χ3v) is 1.44. The highest BCUT2D eigenvalue weighted by molar-refractivity contribution is 4.58. The van der Waals surface area contributed by atoms with Crippen molar-refractivity contribution in [2.24, 2.45) is 0 Å². The maximum Gasteiger partial charge on any atom is 0.251 e. The molecule has 0 unspecified atom stereocenters. The normalized spacial score (nSPS) is 11.5. The van der Waals surface area contributed by atoms with E-state index in [1.54, 1.807) is 0 Å². The third kappa shape index (κ3) is 6.45. The molecular formula is C7H15F2NO2. The van der Waals surface area contributed by atoms with Crippen LogP contribution in [-0.2, 0) is 0 Å². The zero-order valence-corrected chi connectivity index (χ0v) is 6.92. The lowest BCUT2D eigenvalue weighted by Gasteiger charge is -2.19. The van der Waals surface area contributed by atoms with Gasteiger partial charge in [0.15, 0.2) is 0 Å². The number of aliphatic hydroxyl groups is 2. The standard InChI is InChI=1S/C7H15F2NO2/c8-7(9)6-10(3-5-12)2-1-4-11/h7,11-12H,1-6H2. The molecule has 0 saturated carbocycles. The van der Waals surface area contributed by atoms with E-state index in [4.69, 9.17) is 10.2 Å². The van der Waals surface area contributed by atoms with Gasteiger partial charge in [-0.15, -0.1) is 0 Å². The average molecular weight is 183 g/mol. The van der Waals surface area contributed by atoms with Crippen LogP contribution in [-0.4, -0.2) is 54.4 Å². The Kier molecular flexibility index (Phi) is 7.23. The van der Waals surface area contributed by atoms with Crippen molar-refractivity contribution < 1.29 is 19.0 Å². The lowest BCUT2D eigenvalue weighted by atomic mass is 10.4. The Balaban J connectivity index is 3.54. The van der Waals surface area contributed by atoms with E-state index in [0.29, 0.717) is 13.0 Å². The number of alkyl halides is 2. The van der Waals surface area contributed by atoms with Crippen molar-refractivity contribution in [1.82, 2.24) is 4.90 Å². The molecule has 74 valence electrons. The predicted octanol–water partition coefficient (Wildman–Crippen LogP) is -0.0718. The molecular weight excluding hydrogens is 168 g/mol. The molecule has 5 heteroatoms. The summed E-state index contributed by atoms with van der Waals surface area (Å²) in [5, 5.41) is 16.9. The molecule has 0 spiro atoms. The Bertz CT molecular complexity index is 103. The van der Waals surface area contributed by atoms with E-state index in [1.165, 1.54) is 4.90 Å². The largest absolute Gasteiger partial charge is 0.396 e. The van der Waals surface area contributed by atoms with Gasteiger partial charge in [-0.1, -0.05) is 0 Å². The van der Waals surface area contributed by atoms with Gasteiger partial charge in [-0.3, -0.25) is 4.90 Å². The van der Waals surface area contributed by atoms with Gasteiger partial charge in [0.05, 0.1) is 13.2 Å². The second-order valence-electron chi connectivity index (χ2n) is 2.49. The smallest absolute Gasteiger partial charge is 0.251 e. The van der Waals surface area contributed by atoms with Crippen molar-refractivity contribution >= 4 is 0 Å². The average Bonchev–Trinajstić information content (AvgIpc) is 2.00. The molecule has 0 rings (SSSR count). The van der Waals surface area contributed by atoms with E-state index in [1.807, 2.05) is 0 Å². The molecule has 12 heavy (non-hydrogen) atoms. The summed E-state index contributed by atoms with van der Waals surface area (Å²) >= 11 is 0. The van der Waals surface area contributed by atoms with Gasteiger partial charge in [0.25, 0.3) is 6.43 Å². The van der Waals surface area contributed by atoms with Crippen LogP contribution in [0.5, 0.6) is 0 Å². The summed E-state index contributed by atoms with van der Waals surface area (Å²) in [7, 11) is 0. The first kappa shape index (κ1) is 11.7. The minimum Gasteiger partial charge on any atom is -0.396 e. The minimum absolute atomic E-state index is 0.00876. The van der Waals surface area contributed by atoms with Gasteiger partial charge in [-0.05, 0) is 6.42 Å². The fraction of sp³-hybridized carbons (Fsp3) is 1.00. The molecule has 0 heterocycles. The molecule has 0 bridgehead atoms. The molecule has 2 N–H and O–H groups in total. The Labute approximate surface area is 70.6 Å². The molecule has 3 nitrogen and oxygen atoms in total. The van der Waals surface area contributed by atoms with Crippen molar-refractivity contribution in [3.05, 3.63) is 0 Å².